The minimum atomic E-state index is -4.28. The van der Waals surface area contributed by atoms with Crippen LogP contribution in [-0.4, -0.2) is 23.1 Å². The molecule has 2 N–H and O–H groups in total. The Morgan fingerprint density at radius 3 is 2.67 bits per heavy atom. The van der Waals surface area contributed by atoms with E-state index in [0.717, 1.165) is 10.9 Å². The Bertz CT molecular complexity index is 820. The minimum Gasteiger partial charge on any atom is -0.358 e. The first-order chi connectivity index (χ1) is 9.70. The number of hydrogen-bond acceptors (Lipinski definition) is 5. The Balaban J connectivity index is 2.47. The van der Waals surface area contributed by atoms with Crippen molar-refractivity contribution in [2.24, 2.45) is 5.14 Å². The van der Waals surface area contributed by atoms with Gasteiger partial charge in [0.15, 0.2) is 0 Å². The van der Waals surface area contributed by atoms with Gasteiger partial charge in [-0.1, -0.05) is 12.1 Å². The van der Waals surface area contributed by atoms with Gasteiger partial charge in [-0.2, -0.15) is 4.68 Å². The number of aromatic nitrogens is 2. The summed E-state index contributed by atoms with van der Waals surface area (Å²) in [6.07, 6.45) is 0.935. The fourth-order valence-corrected chi connectivity index (χ4v) is 2.67. The molecule has 0 spiro atoms. The number of primary sulfonamides is 1. The van der Waals surface area contributed by atoms with Gasteiger partial charge in [0.25, 0.3) is 0 Å². The van der Waals surface area contributed by atoms with E-state index in [-0.39, 0.29) is 11.0 Å². The van der Waals surface area contributed by atoms with E-state index in [0.29, 0.717) is 5.56 Å². The fourth-order valence-electron chi connectivity index (χ4n) is 1.65. The molecule has 1 heterocycles. The summed E-state index contributed by atoms with van der Waals surface area (Å²) in [7, 11) is -4.28. The number of nitrogens with zero attached hydrogens (tertiary/aromatic N) is 3. The number of nitro groups is 1. The first-order valence-electron chi connectivity index (χ1n) is 5.37. The number of sulfonamides is 1. The smallest absolute Gasteiger partial charge is 0.358 e. The fraction of sp³-hybridized carbons (Fsp3) is 0.100. The third-order valence-corrected chi connectivity index (χ3v) is 4.34. The minimum absolute atomic E-state index is 0.0608. The molecule has 0 aliphatic rings. The van der Waals surface area contributed by atoms with Crippen molar-refractivity contribution in [3.05, 3.63) is 50.4 Å². The summed E-state index contributed by atoms with van der Waals surface area (Å²) in [5.74, 6) is -1.38. The van der Waals surface area contributed by atoms with Gasteiger partial charge >= 0.3 is 5.82 Å². The molecule has 0 saturated carbocycles. The van der Waals surface area contributed by atoms with Crippen LogP contribution in [0.5, 0.6) is 0 Å². The van der Waals surface area contributed by atoms with Crippen LogP contribution in [0.15, 0.2) is 33.8 Å². The van der Waals surface area contributed by atoms with Crippen molar-refractivity contribution in [2.45, 2.75) is 11.4 Å². The average Bonchev–Trinajstić information content (AvgIpc) is 2.79. The van der Waals surface area contributed by atoms with E-state index >= 15 is 0 Å². The van der Waals surface area contributed by atoms with Crippen LogP contribution in [-0.2, 0) is 16.6 Å². The molecule has 0 saturated heterocycles. The number of halogens is 2. The first kappa shape index (κ1) is 15.5. The van der Waals surface area contributed by atoms with Crippen molar-refractivity contribution in [2.75, 3.05) is 0 Å². The maximum Gasteiger partial charge on any atom is 0.410 e. The molecule has 11 heteroatoms. The zero-order valence-electron chi connectivity index (χ0n) is 10.2. The number of rotatable bonds is 4. The van der Waals surface area contributed by atoms with Gasteiger partial charge < -0.3 is 10.1 Å². The molecule has 0 bridgehead atoms. The molecule has 1 aromatic heterocycles. The topological polar surface area (TPSA) is 121 Å². The molecule has 0 aliphatic heterocycles. The van der Waals surface area contributed by atoms with E-state index in [1.807, 2.05) is 0 Å². The second-order valence-electron chi connectivity index (χ2n) is 4.03. The van der Waals surface area contributed by atoms with Gasteiger partial charge in [-0.15, -0.1) is 0 Å². The SMILES string of the molecule is NS(=O)(=O)c1cn(Cc2cccc(F)c2Br)nc1[N+](=O)[O-]. The van der Waals surface area contributed by atoms with E-state index in [2.05, 4.69) is 21.0 Å². The predicted octanol–water partition coefficient (Wildman–Crippen LogP) is 1.39. The third kappa shape index (κ3) is 3.25. The molecule has 8 nitrogen and oxygen atoms in total. The highest BCUT2D eigenvalue weighted by Gasteiger charge is 2.29. The van der Waals surface area contributed by atoms with Crippen molar-refractivity contribution in [3.8, 4) is 0 Å². The molecule has 112 valence electrons. The summed E-state index contributed by atoms with van der Waals surface area (Å²) < 4.78 is 37.2. The van der Waals surface area contributed by atoms with Gasteiger partial charge in [-0.25, -0.2) is 17.9 Å². The van der Waals surface area contributed by atoms with Crippen LogP contribution in [0, 0.1) is 15.9 Å². The molecule has 0 radical (unpaired) electrons. The third-order valence-electron chi connectivity index (χ3n) is 2.55. The van der Waals surface area contributed by atoms with Crippen LogP contribution in [0.3, 0.4) is 0 Å². The summed E-state index contributed by atoms with van der Waals surface area (Å²) in [6.45, 7) is -0.0608. The summed E-state index contributed by atoms with van der Waals surface area (Å²) in [5.41, 5.74) is 0.438. The standard InChI is InChI=1S/C10H8BrFN4O4S/c11-9-6(2-1-3-7(9)12)4-15-5-8(21(13,19)20)10(14-15)16(17)18/h1-3,5H,4H2,(H2,13,19,20). The molecule has 2 rings (SSSR count). The lowest BCUT2D eigenvalue weighted by Gasteiger charge is -2.02. The van der Waals surface area contributed by atoms with Crippen LogP contribution in [0.4, 0.5) is 10.2 Å². The van der Waals surface area contributed by atoms with Crippen molar-refractivity contribution < 1.29 is 17.7 Å². The van der Waals surface area contributed by atoms with Crippen molar-refractivity contribution in [1.82, 2.24) is 9.78 Å². The molecule has 2 aromatic rings. The Labute approximate surface area is 126 Å². The van der Waals surface area contributed by atoms with Gasteiger partial charge in [0.2, 0.25) is 14.9 Å². The van der Waals surface area contributed by atoms with Gasteiger partial charge in [0.05, 0.1) is 22.3 Å². The number of benzene rings is 1. The lowest BCUT2D eigenvalue weighted by molar-refractivity contribution is -0.392. The molecule has 1 aromatic carbocycles. The van der Waals surface area contributed by atoms with E-state index in [9.17, 15) is 22.9 Å². The van der Waals surface area contributed by atoms with E-state index in [4.69, 9.17) is 5.14 Å². The van der Waals surface area contributed by atoms with Crippen LogP contribution in [0.25, 0.3) is 0 Å². The van der Waals surface area contributed by atoms with E-state index in [1.165, 1.54) is 12.1 Å². The highest BCUT2D eigenvalue weighted by Crippen LogP contribution is 2.24. The van der Waals surface area contributed by atoms with Crippen LogP contribution < -0.4 is 5.14 Å². The summed E-state index contributed by atoms with van der Waals surface area (Å²) in [5, 5.41) is 19.3. The van der Waals surface area contributed by atoms with Crippen molar-refractivity contribution >= 4 is 31.8 Å². The first-order valence-corrected chi connectivity index (χ1v) is 7.71. The van der Waals surface area contributed by atoms with Gasteiger partial charge in [0, 0.05) is 0 Å². The zero-order chi connectivity index (χ0) is 15.8. The normalized spacial score (nSPS) is 11.6. The monoisotopic (exact) mass is 378 g/mol. The Hall–Kier alpha value is -1.85. The van der Waals surface area contributed by atoms with Gasteiger partial charge in [0.1, 0.15) is 5.82 Å². The number of hydrogen-bond donors (Lipinski definition) is 1. The molecule has 0 amide bonds. The van der Waals surface area contributed by atoms with Gasteiger partial charge in [-0.05, 0) is 32.5 Å². The molecule has 0 unspecified atom stereocenters. The van der Waals surface area contributed by atoms with E-state index in [1.54, 1.807) is 6.07 Å². The summed E-state index contributed by atoms with van der Waals surface area (Å²) >= 11 is 3.04. The molecule has 0 fully saturated rings. The highest BCUT2D eigenvalue weighted by atomic mass is 79.9. The summed E-state index contributed by atoms with van der Waals surface area (Å²) in [4.78, 5) is 9.15. The second-order valence-corrected chi connectivity index (χ2v) is 6.35. The largest absolute Gasteiger partial charge is 0.410 e. The van der Waals surface area contributed by atoms with Crippen molar-refractivity contribution in [1.29, 1.82) is 0 Å². The second kappa shape index (κ2) is 5.50. The molecule has 21 heavy (non-hydrogen) atoms. The zero-order valence-corrected chi connectivity index (χ0v) is 12.6. The van der Waals surface area contributed by atoms with Crippen LogP contribution >= 0.6 is 15.9 Å². The Morgan fingerprint density at radius 2 is 2.14 bits per heavy atom. The molecular formula is C10H8BrFN4O4S. The van der Waals surface area contributed by atoms with Gasteiger partial charge in [-0.3, -0.25) is 0 Å². The average molecular weight is 379 g/mol. The van der Waals surface area contributed by atoms with E-state index < -0.39 is 31.5 Å². The summed E-state index contributed by atoms with van der Waals surface area (Å²) in [6, 6.07) is 4.25. The highest BCUT2D eigenvalue weighted by molar-refractivity contribution is 9.10. The predicted molar refractivity (Wildman–Crippen MR) is 73.5 cm³/mol. The number of nitrogens with two attached hydrogens (primary N) is 1. The Morgan fingerprint density at radius 1 is 1.48 bits per heavy atom. The van der Waals surface area contributed by atoms with Crippen molar-refractivity contribution in [3.63, 3.8) is 0 Å². The van der Waals surface area contributed by atoms with Crippen LogP contribution in [0.1, 0.15) is 5.56 Å². The maximum atomic E-state index is 13.4. The molecule has 0 aliphatic carbocycles. The molecular weight excluding hydrogens is 371 g/mol. The lowest BCUT2D eigenvalue weighted by Crippen LogP contribution is -2.13. The maximum absolute atomic E-state index is 13.4. The van der Waals surface area contributed by atoms with Crippen LogP contribution in [0.2, 0.25) is 0 Å². The Kier molecular flexibility index (Phi) is 4.07. The quantitative estimate of drug-likeness (QED) is 0.636. The molecule has 0 atom stereocenters. The lowest BCUT2D eigenvalue weighted by atomic mass is 10.2.